The van der Waals surface area contributed by atoms with E-state index in [0.717, 1.165) is 5.56 Å². The molecule has 1 amide bonds. The number of rotatable bonds is 5. The van der Waals surface area contributed by atoms with Crippen molar-refractivity contribution in [1.29, 1.82) is 0 Å². The lowest BCUT2D eigenvalue weighted by atomic mass is 9.97. The van der Waals surface area contributed by atoms with Crippen LogP contribution in [0.4, 0.5) is 0 Å². The third-order valence-corrected chi connectivity index (χ3v) is 4.03. The number of nitrogens with two attached hydrogens (primary N) is 1. The van der Waals surface area contributed by atoms with E-state index in [1.807, 2.05) is 30.3 Å². The van der Waals surface area contributed by atoms with Crippen molar-refractivity contribution in [2.75, 3.05) is 27.3 Å². The predicted molar refractivity (Wildman–Crippen MR) is 84.1 cm³/mol. The lowest BCUT2D eigenvalue weighted by molar-refractivity contribution is -0.130. The normalized spacial score (nSPS) is 23.0. The van der Waals surface area contributed by atoms with E-state index in [9.17, 15) is 4.79 Å². The van der Waals surface area contributed by atoms with Crippen molar-refractivity contribution in [3.63, 3.8) is 0 Å². The molecule has 1 heterocycles. The van der Waals surface area contributed by atoms with Crippen molar-refractivity contribution in [1.82, 2.24) is 4.90 Å². The second kappa shape index (κ2) is 6.98. The second-order valence-corrected chi connectivity index (χ2v) is 5.51. The SMILES string of the molecule is COC1CN(C(=O)C(C(N)=S)c2ccccc2)CC1OC. The van der Waals surface area contributed by atoms with Crippen molar-refractivity contribution in [3.8, 4) is 0 Å². The highest BCUT2D eigenvalue weighted by Gasteiger charge is 2.38. The fraction of sp³-hybridized carbons (Fsp3) is 0.467. The predicted octanol–water partition coefficient (Wildman–Crippen LogP) is 0.928. The van der Waals surface area contributed by atoms with E-state index in [0.29, 0.717) is 13.1 Å². The molecule has 6 heteroatoms. The minimum atomic E-state index is -0.602. The zero-order chi connectivity index (χ0) is 15.4. The Bertz CT molecular complexity index is 497. The van der Waals surface area contributed by atoms with Gasteiger partial charge in [0, 0.05) is 27.3 Å². The number of nitrogens with zero attached hydrogens (tertiary/aromatic N) is 1. The van der Waals surface area contributed by atoms with Crippen LogP contribution in [0.3, 0.4) is 0 Å². The summed E-state index contributed by atoms with van der Waals surface area (Å²) in [5.41, 5.74) is 6.60. The van der Waals surface area contributed by atoms with Gasteiger partial charge < -0.3 is 20.1 Å². The van der Waals surface area contributed by atoms with Crippen molar-refractivity contribution >= 4 is 23.1 Å². The summed E-state index contributed by atoms with van der Waals surface area (Å²) in [6.07, 6.45) is -0.247. The summed E-state index contributed by atoms with van der Waals surface area (Å²) in [6.45, 7) is 0.972. The highest BCUT2D eigenvalue weighted by molar-refractivity contribution is 7.80. The average molecular weight is 308 g/mol. The number of amides is 1. The highest BCUT2D eigenvalue weighted by atomic mass is 32.1. The number of benzene rings is 1. The van der Waals surface area contributed by atoms with E-state index < -0.39 is 5.92 Å². The average Bonchev–Trinajstić information content (AvgIpc) is 2.91. The molecule has 114 valence electrons. The van der Waals surface area contributed by atoms with Gasteiger partial charge in [0.25, 0.3) is 0 Å². The molecule has 0 aliphatic carbocycles. The quantitative estimate of drug-likeness (QED) is 0.820. The zero-order valence-electron chi connectivity index (χ0n) is 12.2. The molecule has 1 fully saturated rings. The molecule has 0 spiro atoms. The molecule has 1 aromatic rings. The highest BCUT2D eigenvalue weighted by Crippen LogP contribution is 2.23. The molecule has 2 rings (SSSR count). The Morgan fingerprint density at radius 1 is 1.24 bits per heavy atom. The van der Waals surface area contributed by atoms with Gasteiger partial charge in [0.05, 0.1) is 4.99 Å². The maximum atomic E-state index is 12.8. The van der Waals surface area contributed by atoms with E-state index in [1.165, 1.54) is 0 Å². The lowest BCUT2D eigenvalue weighted by Crippen LogP contribution is -2.39. The van der Waals surface area contributed by atoms with Crippen molar-refractivity contribution in [2.45, 2.75) is 18.1 Å². The van der Waals surface area contributed by atoms with Crippen LogP contribution in [0.2, 0.25) is 0 Å². The third-order valence-electron chi connectivity index (χ3n) is 3.80. The largest absolute Gasteiger partial charge is 0.392 e. The fourth-order valence-electron chi connectivity index (χ4n) is 2.63. The summed E-state index contributed by atoms with van der Waals surface area (Å²) in [5, 5.41) is 0. The Balaban J connectivity index is 2.19. The molecule has 21 heavy (non-hydrogen) atoms. The number of likely N-dealkylation sites (tertiary alicyclic amines) is 1. The van der Waals surface area contributed by atoms with Crippen LogP contribution in [0.15, 0.2) is 30.3 Å². The van der Waals surface area contributed by atoms with E-state index >= 15 is 0 Å². The number of thiocarbonyl (C=S) groups is 1. The van der Waals surface area contributed by atoms with Gasteiger partial charge in [-0.15, -0.1) is 0 Å². The first-order valence-electron chi connectivity index (χ1n) is 6.77. The summed E-state index contributed by atoms with van der Waals surface area (Å²) in [7, 11) is 3.24. The van der Waals surface area contributed by atoms with Gasteiger partial charge in [-0.3, -0.25) is 4.79 Å². The molecule has 1 aliphatic heterocycles. The Labute approximate surface area is 130 Å². The Morgan fingerprint density at radius 3 is 2.19 bits per heavy atom. The van der Waals surface area contributed by atoms with Crippen molar-refractivity contribution in [2.24, 2.45) is 5.73 Å². The summed E-state index contributed by atoms with van der Waals surface area (Å²) < 4.78 is 10.7. The minimum Gasteiger partial charge on any atom is -0.392 e. The first-order valence-corrected chi connectivity index (χ1v) is 7.18. The molecule has 0 aromatic heterocycles. The molecule has 3 atom stereocenters. The van der Waals surface area contributed by atoms with Crippen LogP contribution in [-0.4, -0.2) is 55.3 Å². The molecule has 3 unspecified atom stereocenters. The maximum Gasteiger partial charge on any atom is 0.237 e. The molecule has 0 bridgehead atoms. The van der Waals surface area contributed by atoms with Crippen molar-refractivity contribution in [3.05, 3.63) is 35.9 Å². The number of hydrogen-bond donors (Lipinski definition) is 1. The zero-order valence-corrected chi connectivity index (χ0v) is 13.0. The molecule has 0 saturated carbocycles. The number of hydrogen-bond acceptors (Lipinski definition) is 4. The first kappa shape index (κ1) is 15.9. The molecule has 1 saturated heterocycles. The number of carbonyl (C=O) groups is 1. The molecule has 0 radical (unpaired) electrons. The summed E-state index contributed by atoms with van der Waals surface area (Å²) in [5.74, 6) is -0.704. The van der Waals surface area contributed by atoms with Gasteiger partial charge in [-0.1, -0.05) is 42.5 Å². The van der Waals surface area contributed by atoms with E-state index in [2.05, 4.69) is 0 Å². The Hall–Kier alpha value is -1.50. The first-order chi connectivity index (χ1) is 10.1. The fourth-order valence-corrected chi connectivity index (χ4v) is 2.87. The van der Waals surface area contributed by atoms with Gasteiger partial charge in [0.15, 0.2) is 0 Å². The van der Waals surface area contributed by atoms with E-state index in [4.69, 9.17) is 27.4 Å². The van der Waals surface area contributed by atoms with Crippen LogP contribution in [0, 0.1) is 0 Å². The van der Waals surface area contributed by atoms with E-state index in [1.54, 1.807) is 19.1 Å². The summed E-state index contributed by atoms with van der Waals surface area (Å²) in [6, 6.07) is 9.35. The monoisotopic (exact) mass is 308 g/mol. The standard InChI is InChI=1S/C15H20N2O3S/c1-19-11-8-17(9-12(11)20-2)15(18)13(14(16)21)10-6-4-3-5-7-10/h3-7,11-13H,8-9H2,1-2H3,(H2,16,21). The van der Waals surface area contributed by atoms with Gasteiger partial charge in [0.1, 0.15) is 18.1 Å². The van der Waals surface area contributed by atoms with Crippen LogP contribution in [0.25, 0.3) is 0 Å². The smallest absolute Gasteiger partial charge is 0.237 e. The van der Waals surface area contributed by atoms with Crippen LogP contribution < -0.4 is 5.73 Å². The van der Waals surface area contributed by atoms with Gasteiger partial charge >= 0.3 is 0 Å². The number of methoxy groups -OCH3 is 2. The van der Waals surface area contributed by atoms with Gasteiger partial charge in [-0.2, -0.15) is 0 Å². The van der Waals surface area contributed by atoms with Gasteiger partial charge in [-0.25, -0.2) is 0 Å². The van der Waals surface area contributed by atoms with Crippen LogP contribution >= 0.6 is 12.2 Å². The van der Waals surface area contributed by atoms with Crippen LogP contribution in [-0.2, 0) is 14.3 Å². The van der Waals surface area contributed by atoms with Crippen LogP contribution in [0.1, 0.15) is 11.5 Å². The number of ether oxygens (including phenoxy) is 2. The molecular weight excluding hydrogens is 288 g/mol. The molecule has 2 N–H and O–H groups in total. The summed E-state index contributed by atoms with van der Waals surface area (Å²) >= 11 is 5.09. The lowest BCUT2D eigenvalue weighted by Gasteiger charge is -2.23. The summed E-state index contributed by atoms with van der Waals surface area (Å²) in [4.78, 5) is 14.6. The molecule has 1 aliphatic rings. The van der Waals surface area contributed by atoms with Gasteiger partial charge in [0.2, 0.25) is 5.91 Å². The Morgan fingerprint density at radius 2 is 1.76 bits per heavy atom. The van der Waals surface area contributed by atoms with E-state index in [-0.39, 0.29) is 23.1 Å². The molecule has 1 aromatic carbocycles. The maximum absolute atomic E-state index is 12.8. The molecule has 5 nitrogen and oxygen atoms in total. The second-order valence-electron chi connectivity index (χ2n) is 5.04. The third kappa shape index (κ3) is 3.40. The number of carbonyl (C=O) groups excluding carboxylic acids is 1. The minimum absolute atomic E-state index is 0.102. The molecular formula is C15H20N2O3S. The van der Waals surface area contributed by atoms with Crippen molar-refractivity contribution < 1.29 is 14.3 Å². The van der Waals surface area contributed by atoms with Crippen LogP contribution in [0.5, 0.6) is 0 Å². The Kier molecular flexibility index (Phi) is 5.27. The topological polar surface area (TPSA) is 64.8 Å². The van der Waals surface area contributed by atoms with Gasteiger partial charge in [-0.05, 0) is 5.56 Å².